The second-order valence-corrected chi connectivity index (χ2v) is 8.14. The van der Waals surface area contributed by atoms with Crippen molar-refractivity contribution in [2.45, 2.75) is 19.8 Å². The van der Waals surface area contributed by atoms with Crippen LogP contribution in [0.3, 0.4) is 0 Å². The van der Waals surface area contributed by atoms with Crippen LogP contribution in [0.1, 0.15) is 25.3 Å². The van der Waals surface area contributed by atoms with Crippen LogP contribution >= 0.6 is 11.8 Å². The molecular weight excluding hydrogens is 450 g/mol. The van der Waals surface area contributed by atoms with Crippen LogP contribution in [0.15, 0.2) is 46.8 Å². The fourth-order valence-electron chi connectivity index (χ4n) is 3.44. The van der Waals surface area contributed by atoms with Crippen molar-refractivity contribution in [2.75, 3.05) is 45.0 Å². The second-order valence-electron chi connectivity index (χ2n) is 7.03. The zero-order chi connectivity index (χ0) is 24.4. The molecule has 180 valence electrons. The number of non-ortho nitro benzene ring substituents is 1. The van der Waals surface area contributed by atoms with Crippen molar-refractivity contribution in [1.29, 1.82) is 0 Å². The molecule has 0 saturated heterocycles. The summed E-state index contributed by atoms with van der Waals surface area (Å²) >= 11 is 1.52. The van der Waals surface area contributed by atoms with Gasteiger partial charge in [-0.05, 0) is 19.4 Å². The number of nitrogens with zero attached hydrogens (tertiary/aromatic N) is 1. The number of dihydropyridines is 1. The minimum absolute atomic E-state index is 0.0193. The molecule has 0 aromatic heterocycles. The van der Waals surface area contributed by atoms with Gasteiger partial charge in [0.25, 0.3) is 5.69 Å². The molecule has 1 unspecified atom stereocenters. The molecule has 0 radical (unpaired) electrons. The summed E-state index contributed by atoms with van der Waals surface area (Å²) in [5, 5.41) is 14.6. The zero-order valence-electron chi connectivity index (χ0n) is 18.9. The number of hydrogen-bond donors (Lipinski definition) is 2. The molecule has 0 aliphatic carbocycles. The van der Waals surface area contributed by atoms with Crippen molar-refractivity contribution in [1.82, 2.24) is 5.32 Å². The van der Waals surface area contributed by atoms with Gasteiger partial charge in [-0.2, -0.15) is 11.8 Å². The van der Waals surface area contributed by atoms with Gasteiger partial charge in [0.05, 0.1) is 35.2 Å². The average molecular weight is 480 g/mol. The van der Waals surface area contributed by atoms with Gasteiger partial charge >= 0.3 is 11.9 Å². The van der Waals surface area contributed by atoms with Crippen molar-refractivity contribution in [3.05, 3.63) is 62.5 Å². The van der Waals surface area contributed by atoms with Crippen LogP contribution in [0, 0.1) is 10.1 Å². The molecular formula is C22H29N3O7S. The number of thioether (sulfide) groups is 1. The summed E-state index contributed by atoms with van der Waals surface area (Å²) < 4.78 is 15.6. The van der Waals surface area contributed by atoms with Gasteiger partial charge in [-0.15, -0.1) is 0 Å². The largest absolute Gasteiger partial charge is 0.463 e. The van der Waals surface area contributed by atoms with Gasteiger partial charge < -0.3 is 25.3 Å². The van der Waals surface area contributed by atoms with E-state index in [2.05, 4.69) is 5.32 Å². The first kappa shape index (κ1) is 26.4. The van der Waals surface area contributed by atoms with Crippen molar-refractivity contribution >= 4 is 29.4 Å². The van der Waals surface area contributed by atoms with E-state index in [0.717, 1.165) is 0 Å². The maximum atomic E-state index is 13.1. The number of carbonyl (C=O) groups is 2. The summed E-state index contributed by atoms with van der Waals surface area (Å²) in [6, 6.07) is 5.87. The number of ether oxygens (including phenoxy) is 3. The maximum Gasteiger partial charge on any atom is 0.336 e. The van der Waals surface area contributed by atoms with E-state index in [-0.39, 0.29) is 36.7 Å². The van der Waals surface area contributed by atoms with Crippen LogP contribution in [0.4, 0.5) is 5.69 Å². The number of benzene rings is 1. The summed E-state index contributed by atoms with van der Waals surface area (Å²) in [6.07, 6.45) is 0. The van der Waals surface area contributed by atoms with E-state index in [1.54, 1.807) is 19.9 Å². The Morgan fingerprint density at radius 3 is 2.58 bits per heavy atom. The number of nitro groups is 1. The second kappa shape index (κ2) is 13.0. The highest BCUT2D eigenvalue weighted by atomic mass is 32.2. The molecule has 33 heavy (non-hydrogen) atoms. The maximum absolute atomic E-state index is 13.1. The predicted octanol–water partition coefficient (Wildman–Crippen LogP) is 2.25. The Hall–Kier alpha value is -2.89. The predicted molar refractivity (Wildman–Crippen MR) is 125 cm³/mol. The van der Waals surface area contributed by atoms with Crippen molar-refractivity contribution in [2.24, 2.45) is 5.73 Å². The number of nitrogens with two attached hydrogens (primary N) is 1. The van der Waals surface area contributed by atoms with Crippen LogP contribution in [0.5, 0.6) is 0 Å². The topological polar surface area (TPSA) is 143 Å². The molecule has 1 aromatic carbocycles. The van der Waals surface area contributed by atoms with Gasteiger partial charge in [0.15, 0.2) is 0 Å². The minimum Gasteiger partial charge on any atom is -0.463 e. The first-order valence-corrected chi connectivity index (χ1v) is 11.6. The lowest BCUT2D eigenvalue weighted by atomic mass is 9.80. The first-order chi connectivity index (χ1) is 15.8. The lowest BCUT2D eigenvalue weighted by Gasteiger charge is -2.31. The van der Waals surface area contributed by atoms with E-state index in [1.165, 1.54) is 37.1 Å². The Kier molecular flexibility index (Phi) is 10.4. The number of esters is 2. The third-order valence-electron chi connectivity index (χ3n) is 4.80. The van der Waals surface area contributed by atoms with E-state index in [1.807, 2.05) is 0 Å². The van der Waals surface area contributed by atoms with Crippen LogP contribution in [-0.4, -0.2) is 61.8 Å². The summed E-state index contributed by atoms with van der Waals surface area (Å²) in [5.41, 5.74) is 7.31. The minimum atomic E-state index is -0.909. The number of carbonyl (C=O) groups excluding carboxylic acids is 2. The Morgan fingerprint density at radius 1 is 1.21 bits per heavy atom. The molecule has 11 heteroatoms. The van der Waals surface area contributed by atoms with E-state index in [9.17, 15) is 19.7 Å². The molecule has 2 rings (SSSR count). The normalized spacial score (nSPS) is 15.8. The fourth-order valence-corrected chi connectivity index (χ4v) is 4.18. The number of nitro benzene ring substituents is 1. The van der Waals surface area contributed by atoms with Gasteiger partial charge in [0.1, 0.15) is 6.61 Å². The molecule has 0 spiro atoms. The molecule has 1 aromatic rings. The smallest absolute Gasteiger partial charge is 0.336 e. The molecule has 0 amide bonds. The fraction of sp³-hybridized carbons (Fsp3) is 0.455. The van der Waals surface area contributed by atoms with Crippen molar-refractivity contribution in [3.63, 3.8) is 0 Å². The lowest BCUT2D eigenvalue weighted by molar-refractivity contribution is -0.384. The van der Waals surface area contributed by atoms with Gasteiger partial charge in [-0.3, -0.25) is 10.1 Å². The monoisotopic (exact) mass is 479 g/mol. The molecule has 10 nitrogen and oxygen atoms in total. The van der Waals surface area contributed by atoms with Crippen LogP contribution in [0.2, 0.25) is 0 Å². The average Bonchev–Trinajstić information content (AvgIpc) is 2.79. The van der Waals surface area contributed by atoms with Crippen LogP contribution < -0.4 is 11.1 Å². The van der Waals surface area contributed by atoms with E-state index >= 15 is 0 Å². The molecule has 0 bridgehead atoms. The molecule has 3 N–H and O–H groups in total. The Balaban J connectivity index is 2.65. The highest BCUT2D eigenvalue weighted by molar-refractivity contribution is 7.99. The number of methoxy groups -OCH3 is 1. The van der Waals surface area contributed by atoms with Gasteiger partial charge in [-0.1, -0.05) is 12.1 Å². The third kappa shape index (κ3) is 6.80. The van der Waals surface area contributed by atoms with E-state index in [0.29, 0.717) is 35.0 Å². The highest BCUT2D eigenvalue weighted by Gasteiger charge is 2.39. The van der Waals surface area contributed by atoms with E-state index < -0.39 is 22.8 Å². The Morgan fingerprint density at radius 2 is 1.94 bits per heavy atom. The van der Waals surface area contributed by atoms with Gasteiger partial charge in [0, 0.05) is 48.7 Å². The summed E-state index contributed by atoms with van der Waals surface area (Å²) in [7, 11) is 1.49. The molecule has 0 saturated carbocycles. The molecule has 0 fully saturated rings. The van der Waals surface area contributed by atoms with Crippen molar-refractivity contribution < 1.29 is 28.7 Å². The Labute approximate surface area is 196 Å². The number of rotatable bonds is 12. The van der Waals surface area contributed by atoms with Crippen molar-refractivity contribution in [3.8, 4) is 0 Å². The number of allylic oxidation sites excluding steroid dienone is 1. The highest BCUT2D eigenvalue weighted by Crippen LogP contribution is 2.40. The summed E-state index contributed by atoms with van der Waals surface area (Å²) in [6.45, 7) is 4.20. The molecule has 1 heterocycles. The van der Waals surface area contributed by atoms with E-state index in [4.69, 9.17) is 19.9 Å². The first-order valence-electron chi connectivity index (χ1n) is 10.4. The zero-order valence-corrected chi connectivity index (χ0v) is 19.7. The molecule has 1 aliphatic rings. The number of nitrogens with one attached hydrogen (secondary N) is 1. The quantitative estimate of drug-likeness (QED) is 0.198. The third-order valence-corrected chi connectivity index (χ3v) is 5.82. The van der Waals surface area contributed by atoms with Crippen LogP contribution in [0.25, 0.3) is 0 Å². The summed E-state index contributed by atoms with van der Waals surface area (Å²) in [4.78, 5) is 37.0. The molecule has 1 aliphatic heterocycles. The summed E-state index contributed by atoms with van der Waals surface area (Å²) in [5.74, 6) is -1.09. The SMILES string of the molecule is CCOC(=O)C1=C(CSCCN)NC(C)=C(C(=O)OCCOC)C1c1cccc([N+](=O)[O-])c1. The lowest BCUT2D eigenvalue weighted by Crippen LogP contribution is -2.34. The number of hydrogen-bond acceptors (Lipinski definition) is 10. The molecule has 1 atom stereocenters. The van der Waals surface area contributed by atoms with Crippen LogP contribution in [-0.2, 0) is 23.8 Å². The Bertz CT molecular complexity index is 946. The van der Waals surface area contributed by atoms with Gasteiger partial charge in [-0.25, -0.2) is 9.59 Å². The standard InChI is InChI=1S/C22H29N3O7S/c1-4-31-22(27)20-17(13-33-11-8-23)24-14(2)18(21(26)32-10-9-30-3)19(20)15-6-5-7-16(12-15)25(28)29/h5-7,12,19,24H,4,8-11,13,23H2,1-3H3. The van der Waals surface area contributed by atoms with Gasteiger partial charge in [0.2, 0.25) is 0 Å².